The van der Waals surface area contributed by atoms with Crippen molar-refractivity contribution in [3.8, 4) is 0 Å². The van der Waals surface area contributed by atoms with Crippen LogP contribution in [0.2, 0.25) is 0 Å². The third kappa shape index (κ3) is 2.78. The van der Waals surface area contributed by atoms with Crippen molar-refractivity contribution < 1.29 is 4.74 Å². The van der Waals surface area contributed by atoms with Gasteiger partial charge in [0.05, 0.1) is 30.6 Å². The molecule has 0 spiro atoms. The third-order valence-electron chi connectivity index (χ3n) is 2.22. The van der Waals surface area contributed by atoms with Crippen molar-refractivity contribution in [2.45, 2.75) is 39.0 Å². The largest absolute Gasteiger partial charge is 0.380 e. The fourth-order valence-corrected chi connectivity index (χ4v) is 1.12. The molecule has 1 rings (SSSR count). The van der Waals surface area contributed by atoms with Crippen molar-refractivity contribution in [1.82, 2.24) is 15.0 Å². The van der Waals surface area contributed by atoms with E-state index in [0.717, 1.165) is 12.1 Å². The molecule has 0 amide bonds. The summed E-state index contributed by atoms with van der Waals surface area (Å²) in [5, 5.41) is 7.99. The van der Waals surface area contributed by atoms with Gasteiger partial charge in [-0.3, -0.25) is 0 Å². The molecule has 1 aromatic rings. The minimum absolute atomic E-state index is 0.0124. The molecule has 14 heavy (non-hydrogen) atoms. The summed E-state index contributed by atoms with van der Waals surface area (Å²) in [6.45, 7) is 4.72. The van der Waals surface area contributed by atoms with E-state index in [1.54, 1.807) is 11.8 Å². The van der Waals surface area contributed by atoms with Gasteiger partial charge in [-0.25, -0.2) is 4.68 Å². The Balaban J connectivity index is 2.59. The Morgan fingerprint density at radius 3 is 2.93 bits per heavy atom. The summed E-state index contributed by atoms with van der Waals surface area (Å²) in [5.41, 5.74) is 6.67. The minimum Gasteiger partial charge on any atom is -0.380 e. The van der Waals surface area contributed by atoms with Gasteiger partial charge in [0.2, 0.25) is 0 Å². The Labute approximate surface area is 84.2 Å². The highest BCUT2D eigenvalue weighted by molar-refractivity contribution is 4.98. The Morgan fingerprint density at radius 1 is 1.64 bits per heavy atom. The van der Waals surface area contributed by atoms with E-state index in [1.807, 2.05) is 20.0 Å². The first-order valence-corrected chi connectivity index (χ1v) is 4.85. The molecule has 5 heteroatoms. The molecule has 0 aliphatic heterocycles. The Hall–Kier alpha value is -0.940. The molecule has 5 nitrogen and oxygen atoms in total. The van der Waals surface area contributed by atoms with Crippen LogP contribution in [0.3, 0.4) is 0 Å². The first-order valence-electron chi connectivity index (χ1n) is 4.85. The SMILES string of the molecule is CCC(N)c1cn(CC(C)OC)nn1. The van der Waals surface area contributed by atoms with E-state index in [2.05, 4.69) is 10.3 Å². The molecule has 0 fully saturated rings. The summed E-state index contributed by atoms with van der Waals surface area (Å²) >= 11 is 0. The highest BCUT2D eigenvalue weighted by atomic mass is 16.5. The van der Waals surface area contributed by atoms with Crippen molar-refractivity contribution in [1.29, 1.82) is 0 Å². The fourth-order valence-electron chi connectivity index (χ4n) is 1.12. The Bertz CT molecular complexity index is 274. The number of hydrogen-bond acceptors (Lipinski definition) is 4. The Kier molecular flexibility index (Phi) is 4.03. The molecule has 1 heterocycles. The van der Waals surface area contributed by atoms with Gasteiger partial charge < -0.3 is 10.5 Å². The maximum absolute atomic E-state index is 5.82. The average molecular weight is 198 g/mol. The van der Waals surface area contributed by atoms with Crippen molar-refractivity contribution in [3.63, 3.8) is 0 Å². The zero-order valence-electron chi connectivity index (χ0n) is 8.97. The van der Waals surface area contributed by atoms with E-state index < -0.39 is 0 Å². The fraction of sp³-hybridized carbons (Fsp3) is 0.778. The van der Waals surface area contributed by atoms with Crippen LogP contribution in [0, 0.1) is 0 Å². The second-order valence-electron chi connectivity index (χ2n) is 3.43. The first kappa shape index (κ1) is 11.1. The number of nitrogens with zero attached hydrogens (tertiary/aromatic N) is 3. The zero-order chi connectivity index (χ0) is 10.6. The highest BCUT2D eigenvalue weighted by Crippen LogP contribution is 2.09. The van der Waals surface area contributed by atoms with Crippen LogP contribution in [0.25, 0.3) is 0 Å². The van der Waals surface area contributed by atoms with E-state index in [0.29, 0.717) is 6.54 Å². The molecular formula is C9H18N4O. The van der Waals surface area contributed by atoms with E-state index in [-0.39, 0.29) is 12.1 Å². The van der Waals surface area contributed by atoms with Crippen LogP contribution in [0.5, 0.6) is 0 Å². The third-order valence-corrected chi connectivity index (χ3v) is 2.22. The second kappa shape index (κ2) is 5.07. The van der Waals surface area contributed by atoms with Crippen LogP contribution in [-0.2, 0) is 11.3 Å². The molecule has 1 aromatic heterocycles. The van der Waals surface area contributed by atoms with Crippen molar-refractivity contribution >= 4 is 0 Å². The van der Waals surface area contributed by atoms with Gasteiger partial charge >= 0.3 is 0 Å². The molecule has 0 aliphatic rings. The summed E-state index contributed by atoms with van der Waals surface area (Å²) < 4.78 is 6.89. The molecular weight excluding hydrogens is 180 g/mol. The van der Waals surface area contributed by atoms with Gasteiger partial charge in [0.25, 0.3) is 0 Å². The maximum Gasteiger partial charge on any atom is 0.0994 e. The van der Waals surface area contributed by atoms with Crippen LogP contribution in [0.15, 0.2) is 6.20 Å². The summed E-state index contributed by atoms with van der Waals surface area (Å²) in [6, 6.07) is -0.0124. The predicted octanol–water partition coefficient (Wildman–Crippen LogP) is 0.723. The second-order valence-corrected chi connectivity index (χ2v) is 3.43. The topological polar surface area (TPSA) is 66.0 Å². The molecule has 0 bridgehead atoms. The predicted molar refractivity (Wildman–Crippen MR) is 53.7 cm³/mol. The number of rotatable bonds is 5. The number of hydrogen-bond donors (Lipinski definition) is 1. The number of nitrogens with two attached hydrogens (primary N) is 1. The minimum atomic E-state index is -0.0124. The van der Waals surface area contributed by atoms with E-state index in [1.165, 1.54) is 0 Å². The van der Waals surface area contributed by atoms with Crippen LogP contribution in [-0.4, -0.2) is 28.2 Å². The van der Waals surface area contributed by atoms with Gasteiger partial charge in [0.1, 0.15) is 0 Å². The van der Waals surface area contributed by atoms with Crippen LogP contribution in [0.1, 0.15) is 32.0 Å². The molecule has 2 N–H and O–H groups in total. The van der Waals surface area contributed by atoms with E-state index in [9.17, 15) is 0 Å². The highest BCUT2D eigenvalue weighted by Gasteiger charge is 2.09. The molecule has 2 unspecified atom stereocenters. The maximum atomic E-state index is 5.82. The van der Waals surface area contributed by atoms with Gasteiger partial charge in [-0.1, -0.05) is 12.1 Å². The smallest absolute Gasteiger partial charge is 0.0994 e. The van der Waals surface area contributed by atoms with Gasteiger partial charge in [-0.2, -0.15) is 0 Å². The number of methoxy groups -OCH3 is 1. The van der Waals surface area contributed by atoms with Crippen molar-refractivity contribution in [2.24, 2.45) is 5.73 Å². The monoisotopic (exact) mass is 198 g/mol. The van der Waals surface area contributed by atoms with Gasteiger partial charge in [-0.05, 0) is 13.3 Å². The average Bonchev–Trinajstić information content (AvgIpc) is 2.65. The molecule has 80 valence electrons. The number of aromatic nitrogens is 3. The van der Waals surface area contributed by atoms with Crippen molar-refractivity contribution in [2.75, 3.05) is 7.11 Å². The van der Waals surface area contributed by atoms with Crippen molar-refractivity contribution in [3.05, 3.63) is 11.9 Å². The molecule has 0 radical (unpaired) electrons. The lowest BCUT2D eigenvalue weighted by Gasteiger charge is -2.07. The van der Waals surface area contributed by atoms with E-state index in [4.69, 9.17) is 10.5 Å². The first-order chi connectivity index (χ1) is 6.67. The number of ether oxygens (including phenoxy) is 1. The van der Waals surface area contributed by atoms with Crippen LogP contribution < -0.4 is 5.73 Å². The summed E-state index contributed by atoms with van der Waals surface area (Å²) in [6.07, 6.45) is 2.89. The molecule has 0 saturated heterocycles. The van der Waals surface area contributed by atoms with Crippen LogP contribution in [0.4, 0.5) is 0 Å². The van der Waals surface area contributed by atoms with Gasteiger partial charge in [0.15, 0.2) is 0 Å². The van der Waals surface area contributed by atoms with Gasteiger partial charge in [0, 0.05) is 7.11 Å². The van der Waals surface area contributed by atoms with Crippen LogP contribution >= 0.6 is 0 Å². The molecule has 0 aliphatic carbocycles. The molecule has 0 aromatic carbocycles. The summed E-state index contributed by atoms with van der Waals surface area (Å²) in [7, 11) is 1.68. The Morgan fingerprint density at radius 2 is 2.36 bits per heavy atom. The summed E-state index contributed by atoms with van der Waals surface area (Å²) in [5.74, 6) is 0. The summed E-state index contributed by atoms with van der Waals surface area (Å²) in [4.78, 5) is 0. The standard InChI is InChI=1S/C9H18N4O/c1-4-8(10)9-6-13(12-11-9)5-7(2)14-3/h6-8H,4-5,10H2,1-3H3. The lowest BCUT2D eigenvalue weighted by atomic mass is 10.2. The zero-order valence-corrected chi connectivity index (χ0v) is 8.97. The molecule has 2 atom stereocenters. The molecule has 0 saturated carbocycles. The lowest BCUT2D eigenvalue weighted by Crippen LogP contribution is -2.15. The van der Waals surface area contributed by atoms with Gasteiger partial charge in [-0.15, -0.1) is 5.10 Å². The normalized spacial score (nSPS) is 15.4. The van der Waals surface area contributed by atoms with E-state index >= 15 is 0 Å². The lowest BCUT2D eigenvalue weighted by molar-refractivity contribution is 0.0993. The quantitative estimate of drug-likeness (QED) is 0.757.